The molecule has 0 saturated heterocycles. The number of Topliss-reactive ketones (excluding diaryl/α,β-unsaturated/α-hetero) is 1. The lowest BCUT2D eigenvalue weighted by Crippen LogP contribution is -1.99. The summed E-state index contributed by atoms with van der Waals surface area (Å²) in [6.07, 6.45) is 0. The molecule has 2 nitrogen and oxygen atoms in total. The van der Waals surface area contributed by atoms with Crippen LogP contribution in [-0.2, 0) is 0 Å². The first-order valence-electron chi connectivity index (χ1n) is 5.23. The summed E-state index contributed by atoms with van der Waals surface area (Å²) in [6, 6.07) is 6.98. The van der Waals surface area contributed by atoms with Crippen molar-refractivity contribution in [2.24, 2.45) is 0 Å². The van der Waals surface area contributed by atoms with Crippen LogP contribution in [0.2, 0.25) is 5.02 Å². The van der Waals surface area contributed by atoms with E-state index >= 15 is 0 Å². The van der Waals surface area contributed by atoms with Gasteiger partial charge in [-0.1, -0.05) is 11.6 Å². The van der Waals surface area contributed by atoms with Crippen molar-refractivity contribution >= 4 is 59.5 Å². The van der Waals surface area contributed by atoms with E-state index in [0.717, 1.165) is 8.71 Å². The van der Waals surface area contributed by atoms with Gasteiger partial charge in [0.2, 0.25) is 0 Å². The summed E-state index contributed by atoms with van der Waals surface area (Å²) >= 11 is 8.81. The Bertz CT molecular complexity index is 845. The third-order valence-electron chi connectivity index (χ3n) is 2.68. The van der Waals surface area contributed by atoms with E-state index in [0.29, 0.717) is 20.7 Å². The lowest BCUT2D eigenvalue weighted by atomic mass is 10.2. The molecule has 0 unspecified atom stereocenters. The first-order valence-corrected chi connectivity index (χ1v) is 7.24. The Balaban J connectivity index is 2.49. The maximum absolute atomic E-state index is 12.3. The highest BCUT2D eigenvalue weighted by molar-refractivity contribution is 7.41. The quantitative estimate of drug-likeness (QED) is 0.626. The van der Waals surface area contributed by atoms with Crippen molar-refractivity contribution in [2.75, 3.05) is 0 Å². The molecule has 5 heteroatoms. The molecular weight excluding hydrogens is 288 g/mol. The Kier molecular flexibility index (Phi) is 2.73. The van der Waals surface area contributed by atoms with Gasteiger partial charge in [-0.05, 0) is 31.2 Å². The number of rotatable bonds is 1. The molecule has 0 amide bonds. The molecule has 1 aromatic carbocycles. The summed E-state index contributed by atoms with van der Waals surface area (Å²) < 4.78 is 1.79. The minimum atomic E-state index is -0.0509. The van der Waals surface area contributed by atoms with Gasteiger partial charge >= 0.3 is 0 Å². The molecule has 0 aliphatic heterocycles. The molecule has 90 valence electrons. The Hall–Kier alpha value is -1.23. The fourth-order valence-corrected chi connectivity index (χ4v) is 4.31. The Morgan fingerprint density at radius 1 is 1.17 bits per heavy atom. The van der Waals surface area contributed by atoms with Crippen LogP contribution in [0, 0.1) is 0 Å². The van der Waals surface area contributed by atoms with Crippen LogP contribution in [0.4, 0.5) is 0 Å². The van der Waals surface area contributed by atoms with Gasteiger partial charge in [0.05, 0.1) is 14.3 Å². The number of halogens is 1. The largest absolute Gasteiger partial charge is 0.294 e. The third kappa shape index (κ3) is 1.77. The second-order valence-corrected chi connectivity index (χ2v) is 6.74. The fraction of sp³-hybridized carbons (Fsp3) is 0.0769. The van der Waals surface area contributed by atoms with Gasteiger partial charge in [0, 0.05) is 15.1 Å². The predicted molar refractivity (Wildman–Crippen MR) is 78.5 cm³/mol. The summed E-state index contributed by atoms with van der Waals surface area (Å²) in [5.41, 5.74) is -0.0509. The van der Waals surface area contributed by atoms with Crippen molar-refractivity contribution in [1.29, 1.82) is 0 Å². The molecule has 0 fully saturated rings. The predicted octanol–water partition coefficient (Wildman–Crippen LogP) is 4.33. The molecule has 2 aromatic heterocycles. The average molecular weight is 295 g/mol. The van der Waals surface area contributed by atoms with Crippen molar-refractivity contribution < 1.29 is 4.79 Å². The van der Waals surface area contributed by atoms with Gasteiger partial charge in [0.25, 0.3) is 0 Å². The van der Waals surface area contributed by atoms with Crippen LogP contribution in [0.5, 0.6) is 0 Å². The van der Waals surface area contributed by atoms with Crippen molar-refractivity contribution in [3.8, 4) is 0 Å². The first-order chi connectivity index (χ1) is 8.56. The van der Waals surface area contributed by atoms with Crippen molar-refractivity contribution in [2.45, 2.75) is 6.92 Å². The van der Waals surface area contributed by atoms with Crippen LogP contribution in [0.3, 0.4) is 0 Å². The Morgan fingerprint density at radius 2 is 1.94 bits per heavy atom. The molecule has 3 rings (SSSR count). The summed E-state index contributed by atoms with van der Waals surface area (Å²) in [5.74, 6) is -0.00936. The summed E-state index contributed by atoms with van der Waals surface area (Å²) in [7, 11) is 0. The van der Waals surface area contributed by atoms with E-state index in [-0.39, 0.29) is 11.2 Å². The van der Waals surface area contributed by atoms with E-state index in [1.807, 2.05) is 6.07 Å². The minimum Gasteiger partial charge on any atom is -0.294 e. The third-order valence-corrected chi connectivity index (χ3v) is 5.43. The zero-order valence-corrected chi connectivity index (χ0v) is 11.7. The van der Waals surface area contributed by atoms with E-state index in [9.17, 15) is 9.59 Å². The molecule has 0 aliphatic carbocycles. The summed E-state index contributed by atoms with van der Waals surface area (Å²) in [5, 5.41) is 1.78. The number of hydrogen-bond acceptors (Lipinski definition) is 4. The fourth-order valence-electron chi connectivity index (χ4n) is 1.80. The second kappa shape index (κ2) is 4.16. The lowest BCUT2D eigenvalue weighted by molar-refractivity contribution is 0.102. The van der Waals surface area contributed by atoms with E-state index in [1.165, 1.54) is 29.6 Å². The van der Waals surface area contributed by atoms with Gasteiger partial charge in [0.15, 0.2) is 11.2 Å². The molecule has 0 radical (unpaired) electrons. The van der Waals surface area contributed by atoms with Crippen LogP contribution in [-0.4, -0.2) is 5.78 Å². The highest BCUT2D eigenvalue weighted by atomic mass is 35.5. The monoisotopic (exact) mass is 294 g/mol. The molecule has 0 bridgehead atoms. The molecular formula is C13H7ClO2S2. The molecule has 3 aromatic rings. The van der Waals surface area contributed by atoms with Gasteiger partial charge in [-0.25, -0.2) is 0 Å². The normalized spacial score (nSPS) is 11.2. The smallest absolute Gasteiger partial charge is 0.196 e. The van der Waals surface area contributed by atoms with E-state index in [4.69, 9.17) is 11.6 Å². The highest BCUT2D eigenvalue weighted by Gasteiger charge is 2.12. The van der Waals surface area contributed by atoms with E-state index < -0.39 is 0 Å². The molecule has 0 aliphatic rings. The molecule has 0 spiro atoms. The van der Waals surface area contributed by atoms with Gasteiger partial charge in [-0.2, -0.15) is 0 Å². The maximum atomic E-state index is 12.3. The lowest BCUT2D eigenvalue weighted by Gasteiger charge is -1.97. The summed E-state index contributed by atoms with van der Waals surface area (Å²) in [6.45, 7) is 1.51. The number of ketones is 1. The van der Waals surface area contributed by atoms with Crippen LogP contribution in [0.25, 0.3) is 19.5 Å². The van der Waals surface area contributed by atoms with Crippen molar-refractivity contribution in [3.05, 3.63) is 44.4 Å². The topological polar surface area (TPSA) is 34.1 Å². The Labute approximate surface area is 115 Å². The average Bonchev–Trinajstić information content (AvgIpc) is 2.75. The van der Waals surface area contributed by atoms with Crippen LogP contribution >= 0.6 is 34.3 Å². The molecule has 0 N–H and O–H groups in total. The van der Waals surface area contributed by atoms with Crippen LogP contribution < -0.4 is 5.43 Å². The molecule has 0 saturated carbocycles. The summed E-state index contributed by atoms with van der Waals surface area (Å²) in [4.78, 5) is 24.3. The minimum absolute atomic E-state index is 0.00936. The molecule has 0 atom stereocenters. The number of carbonyl (C=O) groups excluding carboxylic acids is 1. The van der Waals surface area contributed by atoms with E-state index in [2.05, 4.69) is 0 Å². The number of thiophene rings is 1. The number of hydrogen-bond donors (Lipinski definition) is 0. The first kappa shape index (κ1) is 11.8. The van der Waals surface area contributed by atoms with Crippen LogP contribution in [0.15, 0.2) is 29.1 Å². The van der Waals surface area contributed by atoms with Crippen LogP contribution in [0.1, 0.15) is 16.6 Å². The van der Waals surface area contributed by atoms with E-state index in [1.54, 1.807) is 18.2 Å². The van der Waals surface area contributed by atoms with Crippen molar-refractivity contribution in [3.63, 3.8) is 0 Å². The zero-order valence-electron chi connectivity index (χ0n) is 9.32. The second-order valence-electron chi connectivity index (χ2n) is 3.94. The van der Waals surface area contributed by atoms with Gasteiger partial charge in [-0.15, -0.1) is 22.7 Å². The van der Waals surface area contributed by atoms with Gasteiger partial charge in [0.1, 0.15) is 0 Å². The number of benzene rings is 1. The number of fused-ring (bicyclic) bond motifs is 2. The standard InChI is InChI=1S/C13H7ClO2S2/c1-6(15)11-5-9-12(16)8-4-7(14)2-3-10(8)17-13(9)18-11/h2-5H,1H3. The molecule has 18 heavy (non-hydrogen) atoms. The Morgan fingerprint density at radius 3 is 2.67 bits per heavy atom. The maximum Gasteiger partial charge on any atom is 0.196 e. The number of carbonyl (C=O) groups is 1. The highest BCUT2D eigenvalue weighted by Crippen LogP contribution is 2.32. The zero-order chi connectivity index (χ0) is 12.9. The molecule has 2 heterocycles. The van der Waals surface area contributed by atoms with Crippen molar-refractivity contribution in [1.82, 2.24) is 0 Å². The SMILES string of the molecule is CC(=O)c1cc2c(=O)c3cc(Cl)ccc3sc2s1. The van der Waals surface area contributed by atoms with Gasteiger partial charge < -0.3 is 0 Å². The van der Waals surface area contributed by atoms with Gasteiger partial charge in [-0.3, -0.25) is 9.59 Å².